The van der Waals surface area contributed by atoms with Crippen LogP contribution in [0.3, 0.4) is 0 Å². The standard InChI is InChI=1S/C6H12N/c1-5-3-4-6(2)7-5/h5-6H,3-4H2,1-2H3/t5-,6-/m1/s1. The lowest BCUT2D eigenvalue weighted by molar-refractivity contribution is 0.582. The van der Waals surface area contributed by atoms with Crippen molar-refractivity contribution < 1.29 is 0 Å². The van der Waals surface area contributed by atoms with Crippen LogP contribution in [-0.4, -0.2) is 12.1 Å². The molecule has 7 heavy (non-hydrogen) atoms. The minimum atomic E-state index is 0.648. The number of hydrogen-bond acceptors (Lipinski definition) is 0. The summed E-state index contributed by atoms with van der Waals surface area (Å²) in [6.07, 6.45) is 2.61. The lowest BCUT2D eigenvalue weighted by atomic mass is 10.2. The number of nitrogens with zero attached hydrogens (tertiary/aromatic N) is 1. The van der Waals surface area contributed by atoms with E-state index in [1.54, 1.807) is 0 Å². The van der Waals surface area contributed by atoms with Crippen LogP contribution in [0.4, 0.5) is 0 Å². The Morgan fingerprint density at radius 1 is 1.14 bits per heavy atom. The largest absolute Gasteiger partial charge is 0.236 e. The lowest BCUT2D eigenvalue weighted by Crippen LogP contribution is -2.15. The van der Waals surface area contributed by atoms with Crippen LogP contribution in [0, 0.1) is 0 Å². The van der Waals surface area contributed by atoms with Gasteiger partial charge in [0, 0.05) is 12.1 Å². The molecule has 0 aliphatic carbocycles. The predicted octanol–water partition coefficient (Wildman–Crippen LogP) is 1.16. The molecule has 0 bridgehead atoms. The maximum absolute atomic E-state index is 4.39. The van der Waals surface area contributed by atoms with Gasteiger partial charge in [-0.15, -0.1) is 0 Å². The fourth-order valence-corrected chi connectivity index (χ4v) is 1.07. The SMILES string of the molecule is C[C@@H]1CC[C@@H](C)[N]1. The molecule has 1 radical (unpaired) electrons. The molecule has 0 aromatic carbocycles. The topological polar surface area (TPSA) is 14.1 Å². The highest BCUT2D eigenvalue weighted by Gasteiger charge is 2.16. The molecule has 1 fully saturated rings. The molecule has 1 rings (SSSR count). The second-order valence-corrected chi connectivity index (χ2v) is 2.42. The van der Waals surface area contributed by atoms with Crippen LogP contribution >= 0.6 is 0 Å². The number of hydrogen-bond donors (Lipinski definition) is 0. The summed E-state index contributed by atoms with van der Waals surface area (Å²) < 4.78 is 0. The maximum Gasteiger partial charge on any atom is 0.0221 e. The van der Waals surface area contributed by atoms with E-state index in [9.17, 15) is 0 Å². The first-order valence-electron chi connectivity index (χ1n) is 2.99. The highest BCUT2D eigenvalue weighted by atomic mass is 15.0. The molecule has 0 aromatic heterocycles. The minimum Gasteiger partial charge on any atom is -0.236 e. The molecule has 0 unspecified atom stereocenters. The van der Waals surface area contributed by atoms with Crippen molar-refractivity contribution in [3.63, 3.8) is 0 Å². The molecule has 41 valence electrons. The molecule has 0 N–H and O–H groups in total. The van der Waals surface area contributed by atoms with Crippen molar-refractivity contribution in [3.8, 4) is 0 Å². The Morgan fingerprint density at radius 3 is 1.71 bits per heavy atom. The summed E-state index contributed by atoms with van der Waals surface area (Å²) in [5, 5.41) is 4.39. The van der Waals surface area contributed by atoms with Crippen LogP contribution < -0.4 is 5.32 Å². The van der Waals surface area contributed by atoms with E-state index in [1.807, 2.05) is 0 Å². The average Bonchev–Trinajstić information content (AvgIpc) is 1.87. The third-order valence-electron chi connectivity index (χ3n) is 1.51. The Balaban J connectivity index is 2.26. The van der Waals surface area contributed by atoms with Gasteiger partial charge in [0.25, 0.3) is 0 Å². The van der Waals surface area contributed by atoms with Gasteiger partial charge in [-0.2, -0.15) is 0 Å². The fraction of sp³-hybridized carbons (Fsp3) is 1.00. The normalized spacial score (nSPS) is 42.0. The zero-order chi connectivity index (χ0) is 5.28. The lowest BCUT2D eigenvalue weighted by Gasteiger charge is -1.98. The molecule has 1 heterocycles. The van der Waals surface area contributed by atoms with Crippen LogP contribution in [-0.2, 0) is 0 Å². The zero-order valence-corrected chi connectivity index (χ0v) is 5.02. The third-order valence-corrected chi connectivity index (χ3v) is 1.51. The molecule has 2 atom stereocenters. The minimum absolute atomic E-state index is 0.648. The van der Waals surface area contributed by atoms with Gasteiger partial charge in [0.15, 0.2) is 0 Å². The summed E-state index contributed by atoms with van der Waals surface area (Å²) in [4.78, 5) is 0. The highest BCUT2D eigenvalue weighted by molar-refractivity contribution is 4.75. The summed E-state index contributed by atoms with van der Waals surface area (Å²) in [5.74, 6) is 0. The van der Waals surface area contributed by atoms with Crippen molar-refractivity contribution in [1.82, 2.24) is 5.32 Å². The Hall–Kier alpha value is -0.0400. The van der Waals surface area contributed by atoms with Crippen molar-refractivity contribution in [1.29, 1.82) is 0 Å². The summed E-state index contributed by atoms with van der Waals surface area (Å²) >= 11 is 0. The summed E-state index contributed by atoms with van der Waals surface area (Å²) in [6, 6.07) is 1.30. The maximum atomic E-state index is 4.39. The Morgan fingerprint density at radius 2 is 1.57 bits per heavy atom. The molecule has 0 aromatic rings. The van der Waals surface area contributed by atoms with Gasteiger partial charge in [-0.05, 0) is 26.7 Å². The molecule has 0 saturated carbocycles. The molecular formula is C6H12N. The molecular weight excluding hydrogens is 86.1 g/mol. The Kier molecular flexibility index (Phi) is 1.33. The van der Waals surface area contributed by atoms with Crippen molar-refractivity contribution in [2.24, 2.45) is 0 Å². The first kappa shape index (κ1) is 5.10. The van der Waals surface area contributed by atoms with Crippen LogP contribution in [0.15, 0.2) is 0 Å². The summed E-state index contributed by atoms with van der Waals surface area (Å²) in [6.45, 7) is 4.37. The monoisotopic (exact) mass is 98.1 g/mol. The molecule has 1 aliphatic heterocycles. The van der Waals surface area contributed by atoms with Gasteiger partial charge in [-0.3, -0.25) is 0 Å². The average molecular weight is 98.2 g/mol. The van der Waals surface area contributed by atoms with Crippen LogP contribution in [0.1, 0.15) is 26.7 Å². The molecule has 1 saturated heterocycles. The predicted molar refractivity (Wildman–Crippen MR) is 30.3 cm³/mol. The van der Waals surface area contributed by atoms with Crippen LogP contribution in [0.25, 0.3) is 0 Å². The molecule has 1 nitrogen and oxygen atoms in total. The van der Waals surface area contributed by atoms with Crippen molar-refractivity contribution in [3.05, 3.63) is 0 Å². The summed E-state index contributed by atoms with van der Waals surface area (Å²) in [7, 11) is 0. The smallest absolute Gasteiger partial charge is 0.0221 e. The van der Waals surface area contributed by atoms with E-state index in [1.165, 1.54) is 12.8 Å². The van der Waals surface area contributed by atoms with Gasteiger partial charge < -0.3 is 0 Å². The van der Waals surface area contributed by atoms with E-state index < -0.39 is 0 Å². The summed E-state index contributed by atoms with van der Waals surface area (Å²) in [5.41, 5.74) is 0. The van der Waals surface area contributed by atoms with Gasteiger partial charge in [-0.1, -0.05) is 0 Å². The first-order valence-corrected chi connectivity index (χ1v) is 2.99. The van der Waals surface area contributed by atoms with E-state index in [2.05, 4.69) is 19.2 Å². The molecule has 1 aliphatic rings. The van der Waals surface area contributed by atoms with Gasteiger partial charge >= 0.3 is 0 Å². The molecule has 0 amide bonds. The van der Waals surface area contributed by atoms with E-state index in [0.717, 1.165) is 0 Å². The van der Waals surface area contributed by atoms with E-state index >= 15 is 0 Å². The third kappa shape index (κ3) is 1.16. The van der Waals surface area contributed by atoms with Gasteiger partial charge in [0.2, 0.25) is 0 Å². The van der Waals surface area contributed by atoms with E-state index in [-0.39, 0.29) is 0 Å². The van der Waals surface area contributed by atoms with Gasteiger partial charge in [0.05, 0.1) is 0 Å². The molecule has 1 heteroatoms. The quantitative estimate of drug-likeness (QED) is 0.431. The second-order valence-electron chi connectivity index (χ2n) is 2.42. The molecule has 0 spiro atoms. The Bertz CT molecular complexity index is 53.2. The van der Waals surface area contributed by atoms with Gasteiger partial charge in [0.1, 0.15) is 0 Å². The Labute approximate surface area is 45.1 Å². The first-order chi connectivity index (χ1) is 3.29. The van der Waals surface area contributed by atoms with Gasteiger partial charge in [-0.25, -0.2) is 5.32 Å². The van der Waals surface area contributed by atoms with E-state index in [0.29, 0.717) is 12.1 Å². The van der Waals surface area contributed by atoms with Crippen molar-refractivity contribution in [2.75, 3.05) is 0 Å². The number of rotatable bonds is 0. The van der Waals surface area contributed by atoms with Crippen molar-refractivity contribution >= 4 is 0 Å². The van der Waals surface area contributed by atoms with Crippen LogP contribution in [0.2, 0.25) is 0 Å². The van der Waals surface area contributed by atoms with E-state index in [4.69, 9.17) is 0 Å². The highest BCUT2D eigenvalue weighted by Crippen LogP contribution is 2.11. The van der Waals surface area contributed by atoms with Crippen LogP contribution in [0.5, 0.6) is 0 Å². The zero-order valence-electron chi connectivity index (χ0n) is 5.02. The second kappa shape index (κ2) is 1.83. The fourth-order valence-electron chi connectivity index (χ4n) is 1.07. The van der Waals surface area contributed by atoms with Crippen molar-refractivity contribution in [2.45, 2.75) is 38.8 Å².